The predicted molar refractivity (Wildman–Crippen MR) is 33.8 cm³/mol. The molecule has 0 aromatic rings. The Labute approximate surface area is 47.6 Å². The quantitative estimate of drug-likeness (QED) is 0.531. The predicted octanol–water partition coefficient (Wildman–Crippen LogP) is 1.02. The van der Waals surface area contributed by atoms with E-state index in [0.717, 1.165) is 5.75 Å². The van der Waals surface area contributed by atoms with Crippen molar-refractivity contribution in [2.75, 3.05) is 12.0 Å². The lowest BCUT2D eigenvalue weighted by molar-refractivity contribution is 0.669. The molecule has 0 N–H and O–H groups in total. The maximum atomic E-state index is 10.4. The van der Waals surface area contributed by atoms with Crippen LogP contribution in [0.2, 0.25) is 0 Å². The summed E-state index contributed by atoms with van der Waals surface area (Å²) in [4.78, 5) is 0. The van der Waals surface area contributed by atoms with Gasteiger partial charge in [0, 0.05) is 22.8 Å². The Morgan fingerprint density at radius 2 is 2.00 bits per heavy atom. The third-order valence-electron chi connectivity index (χ3n) is 0.568. The Morgan fingerprint density at radius 1 is 1.57 bits per heavy atom. The third-order valence-corrected chi connectivity index (χ3v) is 1.70. The van der Waals surface area contributed by atoms with E-state index in [1.165, 1.54) is 0 Å². The van der Waals surface area contributed by atoms with E-state index in [4.69, 9.17) is 0 Å². The van der Waals surface area contributed by atoms with Crippen molar-refractivity contribution in [1.82, 2.24) is 0 Å². The van der Waals surface area contributed by atoms with Crippen LogP contribution in [-0.2, 0) is 10.8 Å². The Balaban J connectivity index is 3.13. The molecule has 0 spiro atoms. The first-order valence-electron chi connectivity index (χ1n) is 2.43. The molecule has 0 rings (SSSR count). The van der Waals surface area contributed by atoms with Crippen molar-refractivity contribution < 1.29 is 4.21 Å². The fraction of sp³-hybridized carbons (Fsp3) is 1.00. The van der Waals surface area contributed by atoms with Gasteiger partial charge in [0.1, 0.15) is 0 Å². The van der Waals surface area contributed by atoms with Gasteiger partial charge in [-0.25, -0.2) is 0 Å². The highest BCUT2D eigenvalue weighted by Gasteiger charge is 1.93. The van der Waals surface area contributed by atoms with E-state index in [0.29, 0.717) is 5.92 Å². The normalized spacial score (nSPS) is 14.9. The van der Waals surface area contributed by atoms with Crippen molar-refractivity contribution in [3.05, 3.63) is 0 Å². The standard InChI is InChI=1S/C5H12OS/c1-5(2)4-7(3)6/h5H,4H2,1-3H3/t7-/m1/s1. The van der Waals surface area contributed by atoms with Crippen molar-refractivity contribution >= 4 is 10.8 Å². The van der Waals surface area contributed by atoms with Crippen molar-refractivity contribution in [1.29, 1.82) is 0 Å². The zero-order valence-corrected chi connectivity index (χ0v) is 5.92. The Morgan fingerprint density at radius 3 is 2.00 bits per heavy atom. The second-order valence-electron chi connectivity index (χ2n) is 2.13. The van der Waals surface area contributed by atoms with Gasteiger partial charge in [0.25, 0.3) is 0 Å². The van der Waals surface area contributed by atoms with Gasteiger partial charge in [-0.15, -0.1) is 0 Å². The smallest absolute Gasteiger partial charge is 0.0255 e. The first-order chi connectivity index (χ1) is 3.13. The van der Waals surface area contributed by atoms with Gasteiger partial charge in [-0.2, -0.15) is 0 Å². The molecule has 7 heavy (non-hydrogen) atoms. The van der Waals surface area contributed by atoms with Crippen LogP contribution in [0.25, 0.3) is 0 Å². The van der Waals surface area contributed by atoms with Gasteiger partial charge in [-0.1, -0.05) is 13.8 Å². The van der Waals surface area contributed by atoms with Crippen LogP contribution in [0.5, 0.6) is 0 Å². The number of hydrogen-bond donors (Lipinski definition) is 0. The first-order valence-corrected chi connectivity index (χ1v) is 4.15. The lowest BCUT2D eigenvalue weighted by atomic mass is 10.3. The van der Waals surface area contributed by atoms with E-state index in [1.54, 1.807) is 6.26 Å². The molecule has 0 aliphatic carbocycles. The van der Waals surface area contributed by atoms with Gasteiger partial charge in [-0.3, -0.25) is 4.21 Å². The second-order valence-corrected chi connectivity index (χ2v) is 3.61. The molecule has 0 aliphatic rings. The minimum atomic E-state index is -0.596. The minimum Gasteiger partial charge on any atom is -0.260 e. The molecular formula is C5H12OS. The van der Waals surface area contributed by atoms with E-state index in [2.05, 4.69) is 13.8 Å². The Hall–Kier alpha value is 0.150. The molecule has 1 atom stereocenters. The Bertz CT molecular complexity index is 68.5. The summed E-state index contributed by atoms with van der Waals surface area (Å²) in [7, 11) is -0.596. The van der Waals surface area contributed by atoms with Crippen molar-refractivity contribution in [2.24, 2.45) is 5.92 Å². The van der Waals surface area contributed by atoms with Crippen LogP contribution in [-0.4, -0.2) is 16.2 Å². The summed E-state index contributed by atoms with van der Waals surface area (Å²) in [6, 6.07) is 0. The van der Waals surface area contributed by atoms with Gasteiger partial charge in [0.05, 0.1) is 0 Å². The fourth-order valence-corrected chi connectivity index (χ4v) is 1.41. The second kappa shape index (κ2) is 3.19. The molecule has 0 unspecified atom stereocenters. The van der Waals surface area contributed by atoms with E-state index in [-0.39, 0.29) is 0 Å². The highest BCUT2D eigenvalue weighted by molar-refractivity contribution is 7.84. The molecule has 0 aromatic heterocycles. The molecule has 44 valence electrons. The van der Waals surface area contributed by atoms with Gasteiger partial charge in [0.2, 0.25) is 0 Å². The molecule has 0 aliphatic heterocycles. The van der Waals surface area contributed by atoms with E-state index in [9.17, 15) is 4.21 Å². The van der Waals surface area contributed by atoms with Crippen LogP contribution in [0.3, 0.4) is 0 Å². The molecule has 0 radical (unpaired) electrons. The summed E-state index contributed by atoms with van der Waals surface area (Å²) >= 11 is 0. The molecule has 0 bridgehead atoms. The van der Waals surface area contributed by atoms with E-state index in [1.807, 2.05) is 0 Å². The largest absolute Gasteiger partial charge is 0.260 e. The molecule has 1 nitrogen and oxygen atoms in total. The van der Waals surface area contributed by atoms with E-state index >= 15 is 0 Å². The maximum Gasteiger partial charge on any atom is 0.0255 e. The van der Waals surface area contributed by atoms with Crippen LogP contribution in [0, 0.1) is 5.92 Å². The van der Waals surface area contributed by atoms with Gasteiger partial charge in [-0.05, 0) is 5.92 Å². The molecule has 0 saturated heterocycles. The summed E-state index contributed by atoms with van der Waals surface area (Å²) in [5.41, 5.74) is 0. The molecule has 0 amide bonds. The van der Waals surface area contributed by atoms with Gasteiger partial charge in [0.15, 0.2) is 0 Å². The summed E-state index contributed by atoms with van der Waals surface area (Å²) in [5, 5.41) is 0. The number of rotatable bonds is 2. The molecule has 0 heterocycles. The zero-order chi connectivity index (χ0) is 5.86. The van der Waals surface area contributed by atoms with Crippen molar-refractivity contribution in [3.8, 4) is 0 Å². The maximum absolute atomic E-state index is 10.4. The van der Waals surface area contributed by atoms with Crippen molar-refractivity contribution in [2.45, 2.75) is 13.8 Å². The van der Waals surface area contributed by atoms with Gasteiger partial charge < -0.3 is 0 Å². The molecule has 0 fully saturated rings. The highest BCUT2D eigenvalue weighted by atomic mass is 32.2. The minimum absolute atomic E-state index is 0.575. The molecule has 2 heteroatoms. The zero-order valence-electron chi connectivity index (χ0n) is 5.10. The average molecular weight is 120 g/mol. The van der Waals surface area contributed by atoms with Crippen molar-refractivity contribution in [3.63, 3.8) is 0 Å². The Kier molecular flexibility index (Phi) is 3.26. The summed E-state index contributed by atoms with van der Waals surface area (Å²) in [5.74, 6) is 1.41. The van der Waals surface area contributed by atoms with E-state index < -0.39 is 10.8 Å². The number of hydrogen-bond acceptors (Lipinski definition) is 1. The van der Waals surface area contributed by atoms with Crippen LogP contribution in [0.15, 0.2) is 0 Å². The molecule has 0 saturated carbocycles. The summed E-state index contributed by atoms with van der Waals surface area (Å²) in [6.45, 7) is 4.14. The van der Waals surface area contributed by atoms with Crippen LogP contribution < -0.4 is 0 Å². The van der Waals surface area contributed by atoms with Crippen LogP contribution >= 0.6 is 0 Å². The summed E-state index contributed by atoms with van der Waals surface area (Å²) < 4.78 is 10.4. The van der Waals surface area contributed by atoms with Crippen LogP contribution in [0.4, 0.5) is 0 Å². The average Bonchev–Trinajstić information content (AvgIpc) is 1.27. The van der Waals surface area contributed by atoms with Crippen LogP contribution in [0.1, 0.15) is 13.8 Å². The fourth-order valence-electron chi connectivity index (χ4n) is 0.469. The third kappa shape index (κ3) is 6.15. The topological polar surface area (TPSA) is 17.1 Å². The SMILES string of the molecule is CC(C)C[S@@](C)=O. The lowest BCUT2D eigenvalue weighted by Gasteiger charge is -1.96. The lowest BCUT2D eigenvalue weighted by Crippen LogP contribution is -2.00. The monoisotopic (exact) mass is 120 g/mol. The van der Waals surface area contributed by atoms with Gasteiger partial charge >= 0.3 is 0 Å². The molecular weight excluding hydrogens is 108 g/mol. The summed E-state index contributed by atoms with van der Waals surface area (Å²) in [6.07, 6.45) is 1.74. The highest BCUT2D eigenvalue weighted by Crippen LogP contribution is 1.91. The first kappa shape index (κ1) is 7.15. The molecule has 0 aromatic carbocycles.